The van der Waals surface area contributed by atoms with Crippen LogP contribution in [0.2, 0.25) is 0 Å². The Morgan fingerprint density at radius 2 is 2.25 bits per heavy atom. The Hall–Kier alpha value is -0.870. The third kappa shape index (κ3) is 3.83. The van der Waals surface area contributed by atoms with E-state index in [0.717, 1.165) is 30.9 Å². The van der Waals surface area contributed by atoms with Gasteiger partial charge in [0, 0.05) is 18.0 Å². The Bertz CT molecular complexity index is 425. The van der Waals surface area contributed by atoms with Crippen LogP contribution in [0.3, 0.4) is 0 Å². The van der Waals surface area contributed by atoms with Crippen molar-refractivity contribution in [2.45, 2.75) is 38.8 Å². The van der Waals surface area contributed by atoms with Gasteiger partial charge in [-0.2, -0.15) is 11.8 Å². The molecule has 1 heterocycles. The van der Waals surface area contributed by atoms with Crippen LogP contribution >= 0.6 is 11.8 Å². The first-order chi connectivity index (χ1) is 9.78. The molecule has 0 fully saturated rings. The van der Waals surface area contributed by atoms with Crippen LogP contribution in [-0.4, -0.2) is 31.3 Å². The Morgan fingerprint density at radius 3 is 2.95 bits per heavy atom. The molecule has 0 radical (unpaired) electrons. The van der Waals surface area contributed by atoms with Gasteiger partial charge in [-0.1, -0.05) is 13.8 Å². The summed E-state index contributed by atoms with van der Waals surface area (Å²) in [5.74, 6) is 4.26. The maximum atomic E-state index is 6.15. The second-order valence-corrected chi connectivity index (χ2v) is 6.37. The van der Waals surface area contributed by atoms with Crippen LogP contribution in [0.15, 0.2) is 18.2 Å². The molecule has 4 heteroatoms. The first kappa shape index (κ1) is 15.5. The predicted molar refractivity (Wildman–Crippen MR) is 86.1 cm³/mol. The summed E-state index contributed by atoms with van der Waals surface area (Å²) >= 11 is 1.98. The van der Waals surface area contributed by atoms with Crippen LogP contribution < -0.4 is 14.8 Å². The average molecular weight is 295 g/mol. The first-order valence-corrected chi connectivity index (χ1v) is 8.59. The summed E-state index contributed by atoms with van der Waals surface area (Å²) < 4.78 is 11.5. The van der Waals surface area contributed by atoms with Crippen molar-refractivity contribution < 1.29 is 9.47 Å². The molecule has 0 bridgehead atoms. The van der Waals surface area contributed by atoms with Crippen LogP contribution in [0.25, 0.3) is 0 Å². The fourth-order valence-corrected chi connectivity index (χ4v) is 3.34. The second-order valence-electron chi connectivity index (χ2n) is 4.98. The Balaban J connectivity index is 2.11. The lowest BCUT2D eigenvalue weighted by atomic mass is 9.95. The zero-order chi connectivity index (χ0) is 14.4. The third-order valence-corrected chi connectivity index (χ3v) is 4.56. The molecule has 1 aromatic carbocycles. The second kappa shape index (κ2) is 7.79. The Kier molecular flexibility index (Phi) is 6.05. The first-order valence-electron chi connectivity index (χ1n) is 7.44. The third-order valence-electron chi connectivity index (χ3n) is 3.62. The minimum atomic E-state index is 0.319. The van der Waals surface area contributed by atoms with Gasteiger partial charge in [0.1, 0.15) is 17.6 Å². The molecule has 112 valence electrons. The molecule has 20 heavy (non-hydrogen) atoms. The summed E-state index contributed by atoms with van der Waals surface area (Å²) in [4.78, 5) is 0. The standard InChI is InChI=1S/C16H25NO2S/c1-4-17-15-11-13(8-9-20-5-2)19-16-7-6-12(18-3)10-14(15)16/h6-7,10,13,15,17H,4-5,8-9,11H2,1-3H3. The number of fused-ring (bicyclic) bond motifs is 1. The van der Waals surface area contributed by atoms with Gasteiger partial charge in [0.25, 0.3) is 0 Å². The lowest BCUT2D eigenvalue weighted by molar-refractivity contribution is 0.147. The summed E-state index contributed by atoms with van der Waals surface area (Å²) in [5, 5.41) is 3.57. The van der Waals surface area contributed by atoms with Crippen molar-refractivity contribution in [2.75, 3.05) is 25.2 Å². The SMILES string of the molecule is CCNC1CC(CCSCC)Oc2ccc(OC)cc21. The van der Waals surface area contributed by atoms with Crippen molar-refractivity contribution in [1.29, 1.82) is 0 Å². The van der Waals surface area contributed by atoms with E-state index in [1.165, 1.54) is 17.1 Å². The van der Waals surface area contributed by atoms with Gasteiger partial charge in [-0.15, -0.1) is 0 Å². The van der Waals surface area contributed by atoms with Crippen LogP contribution in [-0.2, 0) is 0 Å². The highest BCUT2D eigenvalue weighted by Gasteiger charge is 2.27. The van der Waals surface area contributed by atoms with E-state index < -0.39 is 0 Å². The Labute approximate surface area is 126 Å². The van der Waals surface area contributed by atoms with Gasteiger partial charge in [0.2, 0.25) is 0 Å². The van der Waals surface area contributed by atoms with Crippen molar-refractivity contribution in [2.24, 2.45) is 0 Å². The molecule has 0 aromatic heterocycles. The predicted octanol–water partition coefficient (Wildman–Crippen LogP) is 3.64. The largest absolute Gasteiger partial charge is 0.497 e. The molecule has 1 aliphatic rings. The fourth-order valence-electron chi connectivity index (χ4n) is 2.63. The number of rotatable bonds is 7. The molecule has 3 nitrogen and oxygen atoms in total. The van der Waals surface area contributed by atoms with E-state index in [-0.39, 0.29) is 0 Å². The van der Waals surface area contributed by atoms with Crippen LogP contribution in [0, 0.1) is 0 Å². The summed E-state index contributed by atoms with van der Waals surface area (Å²) in [6.45, 7) is 5.32. The van der Waals surface area contributed by atoms with Gasteiger partial charge in [0.05, 0.1) is 7.11 Å². The lowest BCUT2D eigenvalue weighted by Crippen LogP contribution is -2.33. The molecule has 0 aliphatic carbocycles. The van der Waals surface area contributed by atoms with E-state index >= 15 is 0 Å². The molecule has 0 saturated carbocycles. The molecule has 0 spiro atoms. The van der Waals surface area contributed by atoms with Crippen molar-refractivity contribution in [3.8, 4) is 11.5 Å². The molecule has 2 unspecified atom stereocenters. The number of hydrogen-bond acceptors (Lipinski definition) is 4. The fraction of sp³-hybridized carbons (Fsp3) is 0.625. The zero-order valence-electron chi connectivity index (χ0n) is 12.6. The van der Waals surface area contributed by atoms with Gasteiger partial charge < -0.3 is 14.8 Å². The zero-order valence-corrected chi connectivity index (χ0v) is 13.5. The number of thioether (sulfide) groups is 1. The lowest BCUT2D eigenvalue weighted by Gasteiger charge is -2.33. The molecule has 1 N–H and O–H groups in total. The number of benzene rings is 1. The molecule has 1 aliphatic heterocycles. The smallest absolute Gasteiger partial charge is 0.124 e. The number of hydrogen-bond donors (Lipinski definition) is 1. The highest BCUT2D eigenvalue weighted by Crippen LogP contribution is 2.38. The summed E-state index contributed by atoms with van der Waals surface area (Å²) in [5.41, 5.74) is 1.23. The van der Waals surface area contributed by atoms with E-state index in [0.29, 0.717) is 12.1 Å². The van der Waals surface area contributed by atoms with Gasteiger partial charge >= 0.3 is 0 Å². The number of ether oxygens (including phenoxy) is 2. The quantitative estimate of drug-likeness (QED) is 0.778. The minimum Gasteiger partial charge on any atom is -0.497 e. The van der Waals surface area contributed by atoms with Crippen molar-refractivity contribution >= 4 is 11.8 Å². The van der Waals surface area contributed by atoms with E-state index in [1.807, 2.05) is 23.9 Å². The normalized spacial score (nSPS) is 21.1. The van der Waals surface area contributed by atoms with Crippen LogP contribution in [0.4, 0.5) is 0 Å². The van der Waals surface area contributed by atoms with Crippen molar-refractivity contribution in [3.63, 3.8) is 0 Å². The number of nitrogens with one attached hydrogen (secondary N) is 1. The van der Waals surface area contributed by atoms with Gasteiger partial charge in [0.15, 0.2) is 0 Å². The van der Waals surface area contributed by atoms with Gasteiger partial charge in [-0.25, -0.2) is 0 Å². The molecule has 2 rings (SSSR count). The van der Waals surface area contributed by atoms with E-state index in [4.69, 9.17) is 9.47 Å². The van der Waals surface area contributed by atoms with E-state index in [9.17, 15) is 0 Å². The molecule has 2 atom stereocenters. The maximum absolute atomic E-state index is 6.15. The summed E-state index contributed by atoms with van der Waals surface area (Å²) in [6, 6.07) is 6.48. The summed E-state index contributed by atoms with van der Waals surface area (Å²) in [6.07, 6.45) is 2.48. The summed E-state index contributed by atoms with van der Waals surface area (Å²) in [7, 11) is 1.71. The highest BCUT2D eigenvalue weighted by molar-refractivity contribution is 7.99. The maximum Gasteiger partial charge on any atom is 0.124 e. The minimum absolute atomic E-state index is 0.319. The van der Waals surface area contributed by atoms with Crippen molar-refractivity contribution in [3.05, 3.63) is 23.8 Å². The molecular formula is C16H25NO2S. The highest BCUT2D eigenvalue weighted by atomic mass is 32.2. The van der Waals surface area contributed by atoms with Gasteiger partial charge in [-0.05, 0) is 42.7 Å². The molecular weight excluding hydrogens is 270 g/mol. The van der Waals surface area contributed by atoms with Gasteiger partial charge in [-0.3, -0.25) is 0 Å². The van der Waals surface area contributed by atoms with E-state index in [1.54, 1.807) is 7.11 Å². The van der Waals surface area contributed by atoms with Crippen LogP contribution in [0.5, 0.6) is 11.5 Å². The molecule has 1 aromatic rings. The molecule has 0 amide bonds. The van der Waals surface area contributed by atoms with Crippen LogP contribution in [0.1, 0.15) is 38.3 Å². The topological polar surface area (TPSA) is 30.5 Å². The average Bonchev–Trinajstić information content (AvgIpc) is 2.47. The van der Waals surface area contributed by atoms with Crippen molar-refractivity contribution in [1.82, 2.24) is 5.32 Å². The Morgan fingerprint density at radius 1 is 1.40 bits per heavy atom. The number of methoxy groups -OCH3 is 1. The molecule has 0 saturated heterocycles. The monoisotopic (exact) mass is 295 g/mol. The van der Waals surface area contributed by atoms with E-state index in [2.05, 4.69) is 25.2 Å².